The van der Waals surface area contributed by atoms with Crippen molar-refractivity contribution in [1.82, 2.24) is 15.6 Å². The van der Waals surface area contributed by atoms with Gasteiger partial charge in [0.2, 0.25) is 0 Å². The normalized spacial score (nSPS) is 20.0. The third-order valence-corrected chi connectivity index (χ3v) is 4.46. The molecule has 2 heterocycles. The average Bonchev–Trinajstić information content (AvgIpc) is 2.64. The van der Waals surface area contributed by atoms with Gasteiger partial charge < -0.3 is 15.4 Å². The maximum absolute atomic E-state index is 12.1. The summed E-state index contributed by atoms with van der Waals surface area (Å²) >= 11 is 0. The van der Waals surface area contributed by atoms with E-state index in [0.717, 1.165) is 30.5 Å². The third-order valence-electron chi connectivity index (χ3n) is 4.46. The Morgan fingerprint density at radius 3 is 2.84 bits per heavy atom. The van der Waals surface area contributed by atoms with E-state index in [9.17, 15) is 4.79 Å². The summed E-state index contributed by atoms with van der Waals surface area (Å²) in [6.07, 6.45) is 4.34. The van der Waals surface area contributed by atoms with Gasteiger partial charge in [-0.25, -0.2) is 4.79 Å². The van der Waals surface area contributed by atoms with Crippen molar-refractivity contribution < 1.29 is 9.53 Å². The first-order valence-electron chi connectivity index (χ1n) is 8.83. The highest BCUT2D eigenvalue weighted by atomic mass is 16.5. The van der Waals surface area contributed by atoms with Gasteiger partial charge in [0.25, 0.3) is 0 Å². The van der Waals surface area contributed by atoms with Crippen molar-refractivity contribution in [1.29, 1.82) is 0 Å². The molecule has 0 saturated carbocycles. The van der Waals surface area contributed by atoms with Gasteiger partial charge in [-0.15, -0.1) is 0 Å². The molecule has 0 aliphatic carbocycles. The maximum atomic E-state index is 12.1. The molecule has 0 radical (unpaired) electrons. The van der Waals surface area contributed by atoms with Gasteiger partial charge >= 0.3 is 6.03 Å². The molecule has 2 aromatic rings. The standard InChI is InChI=1S/C20H25N3O2/c1-15-7-8-16(14-22-15)9-11-21-20(24)23-18-10-12-25-19(13-18)17-5-3-2-4-6-17/h2-8,14,18-19H,9-13H2,1H3,(H2,21,23,24). The second-order valence-corrected chi connectivity index (χ2v) is 6.45. The molecule has 2 amide bonds. The Labute approximate surface area is 148 Å². The van der Waals surface area contributed by atoms with E-state index in [1.54, 1.807) is 0 Å². The van der Waals surface area contributed by atoms with Crippen LogP contribution in [0.2, 0.25) is 0 Å². The van der Waals surface area contributed by atoms with Crippen molar-refractivity contribution >= 4 is 6.03 Å². The molecular weight excluding hydrogens is 314 g/mol. The largest absolute Gasteiger partial charge is 0.373 e. The molecule has 25 heavy (non-hydrogen) atoms. The van der Waals surface area contributed by atoms with E-state index in [0.29, 0.717) is 13.2 Å². The molecule has 2 unspecified atom stereocenters. The van der Waals surface area contributed by atoms with Crippen LogP contribution in [-0.2, 0) is 11.2 Å². The minimum atomic E-state index is -0.112. The van der Waals surface area contributed by atoms with Crippen LogP contribution in [0.4, 0.5) is 4.79 Å². The van der Waals surface area contributed by atoms with Gasteiger partial charge in [-0.05, 0) is 43.4 Å². The molecule has 1 aliphatic heterocycles. The predicted octanol–water partition coefficient (Wildman–Crippen LogP) is 3.15. The van der Waals surface area contributed by atoms with Crippen LogP contribution in [0, 0.1) is 6.92 Å². The number of nitrogens with one attached hydrogen (secondary N) is 2. The van der Waals surface area contributed by atoms with Crippen LogP contribution in [0.25, 0.3) is 0 Å². The van der Waals surface area contributed by atoms with Crippen molar-refractivity contribution in [2.24, 2.45) is 0 Å². The Hall–Kier alpha value is -2.40. The molecule has 2 atom stereocenters. The van der Waals surface area contributed by atoms with Gasteiger partial charge in [0.15, 0.2) is 0 Å². The zero-order valence-electron chi connectivity index (χ0n) is 14.6. The summed E-state index contributed by atoms with van der Waals surface area (Å²) in [5.74, 6) is 0. The lowest BCUT2D eigenvalue weighted by Gasteiger charge is -2.30. The Morgan fingerprint density at radius 1 is 1.24 bits per heavy atom. The fraction of sp³-hybridized carbons (Fsp3) is 0.400. The number of rotatable bonds is 5. The van der Waals surface area contributed by atoms with Crippen LogP contribution in [-0.4, -0.2) is 30.2 Å². The number of pyridine rings is 1. The molecule has 1 aromatic carbocycles. The van der Waals surface area contributed by atoms with E-state index in [1.165, 1.54) is 5.56 Å². The highest BCUT2D eigenvalue weighted by Gasteiger charge is 2.24. The molecule has 3 rings (SSSR count). The Kier molecular flexibility index (Phi) is 6.01. The van der Waals surface area contributed by atoms with E-state index in [1.807, 2.05) is 43.5 Å². The summed E-state index contributed by atoms with van der Waals surface area (Å²) in [6.45, 7) is 3.23. The van der Waals surface area contributed by atoms with E-state index in [-0.39, 0.29) is 18.2 Å². The van der Waals surface area contributed by atoms with Crippen molar-refractivity contribution in [2.45, 2.75) is 38.3 Å². The zero-order valence-corrected chi connectivity index (χ0v) is 14.6. The maximum Gasteiger partial charge on any atom is 0.315 e. The molecule has 5 heteroatoms. The van der Waals surface area contributed by atoms with Gasteiger partial charge in [-0.3, -0.25) is 4.98 Å². The average molecular weight is 339 g/mol. The number of hydrogen-bond donors (Lipinski definition) is 2. The van der Waals surface area contributed by atoms with Crippen LogP contribution in [0.5, 0.6) is 0 Å². The summed E-state index contributed by atoms with van der Waals surface area (Å²) in [5.41, 5.74) is 3.30. The van der Waals surface area contributed by atoms with Gasteiger partial charge in [-0.1, -0.05) is 36.4 Å². The molecule has 1 fully saturated rings. The van der Waals surface area contributed by atoms with Crippen molar-refractivity contribution in [2.75, 3.05) is 13.2 Å². The third kappa shape index (κ3) is 5.29. The van der Waals surface area contributed by atoms with Crippen LogP contribution >= 0.6 is 0 Å². The predicted molar refractivity (Wildman–Crippen MR) is 97.4 cm³/mol. The first-order valence-corrected chi connectivity index (χ1v) is 8.83. The van der Waals surface area contributed by atoms with Gasteiger partial charge in [0.1, 0.15) is 0 Å². The van der Waals surface area contributed by atoms with Gasteiger partial charge in [0.05, 0.1) is 6.10 Å². The van der Waals surface area contributed by atoms with E-state index in [2.05, 4.69) is 27.8 Å². The monoisotopic (exact) mass is 339 g/mol. The van der Waals surface area contributed by atoms with E-state index < -0.39 is 0 Å². The molecule has 132 valence electrons. The van der Waals surface area contributed by atoms with Crippen LogP contribution in [0.15, 0.2) is 48.7 Å². The Morgan fingerprint density at radius 2 is 2.08 bits per heavy atom. The number of amides is 2. The first kappa shape index (κ1) is 17.4. The van der Waals surface area contributed by atoms with Crippen molar-refractivity contribution in [3.63, 3.8) is 0 Å². The summed E-state index contributed by atoms with van der Waals surface area (Å²) in [6, 6.07) is 14.2. The number of aryl methyl sites for hydroxylation is 1. The summed E-state index contributed by atoms with van der Waals surface area (Å²) in [7, 11) is 0. The lowest BCUT2D eigenvalue weighted by molar-refractivity contribution is 0.00227. The number of ether oxygens (including phenoxy) is 1. The molecular formula is C20H25N3O2. The number of carbonyl (C=O) groups is 1. The number of urea groups is 1. The Balaban J connectivity index is 1.42. The highest BCUT2D eigenvalue weighted by Crippen LogP contribution is 2.27. The fourth-order valence-corrected chi connectivity index (χ4v) is 3.03. The van der Waals surface area contributed by atoms with Crippen molar-refractivity contribution in [3.05, 3.63) is 65.5 Å². The first-order chi connectivity index (χ1) is 12.2. The second kappa shape index (κ2) is 8.62. The molecule has 1 saturated heterocycles. The van der Waals surface area contributed by atoms with Crippen LogP contribution in [0.1, 0.15) is 35.8 Å². The van der Waals surface area contributed by atoms with Crippen LogP contribution < -0.4 is 10.6 Å². The van der Waals surface area contributed by atoms with E-state index in [4.69, 9.17) is 4.74 Å². The SMILES string of the molecule is Cc1ccc(CCNC(=O)NC2CCOC(c3ccccc3)C2)cn1. The highest BCUT2D eigenvalue weighted by molar-refractivity contribution is 5.74. The lowest BCUT2D eigenvalue weighted by Crippen LogP contribution is -2.45. The van der Waals surface area contributed by atoms with Gasteiger partial charge in [-0.2, -0.15) is 0 Å². The number of hydrogen-bond acceptors (Lipinski definition) is 3. The number of carbonyl (C=O) groups excluding carboxylic acids is 1. The minimum Gasteiger partial charge on any atom is -0.373 e. The molecule has 0 bridgehead atoms. The fourth-order valence-electron chi connectivity index (χ4n) is 3.03. The number of aromatic nitrogens is 1. The zero-order chi connectivity index (χ0) is 17.5. The minimum absolute atomic E-state index is 0.0545. The summed E-state index contributed by atoms with van der Waals surface area (Å²) < 4.78 is 5.85. The topological polar surface area (TPSA) is 63.2 Å². The lowest BCUT2D eigenvalue weighted by atomic mass is 9.97. The molecule has 1 aromatic heterocycles. The van der Waals surface area contributed by atoms with E-state index >= 15 is 0 Å². The second-order valence-electron chi connectivity index (χ2n) is 6.45. The molecule has 0 spiro atoms. The Bertz CT molecular complexity index is 673. The van der Waals surface area contributed by atoms with Crippen LogP contribution in [0.3, 0.4) is 0 Å². The van der Waals surface area contributed by atoms with Gasteiger partial charge in [0, 0.05) is 31.1 Å². The molecule has 2 N–H and O–H groups in total. The number of nitrogens with zero attached hydrogens (tertiary/aromatic N) is 1. The summed E-state index contributed by atoms with van der Waals surface area (Å²) in [4.78, 5) is 16.4. The quantitative estimate of drug-likeness (QED) is 0.879. The smallest absolute Gasteiger partial charge is 0.315 e. The molecule has 5 nitrogen and oxygen atoms in total. The number of benzene rings is 1. The molecule has 1 aliphatic rings. The van der Waals surface area contributed by atoms with Crippen molar-refractivity contribution in [3.8, 4) is 0 Å². The summed E-state index contributed by atoms with van der Waals surface area (Å²) in [5, 5.41) is 6.00.